The SMILES string of the molecule is CC(c1ccccc1F)N(CCC(=O)NN1C(=O)NC2(CCCCC2)C1=O)C1CC1. The van der Waals surface area contributed by atoms with E-state index in [2.05, 4.69) is 15.6 Å². The number of carbonyl (C=O) groups excluding carboxylic acids is 3. The molecule has 4 rings (SSSR count). The number of nitrogens with zero attached hydrogens (tertiary/aromatic N) is 2. The van der Waals surface area contributed by atoms with E-state index in [0.717, 1.165) is 37.1 Å². The lowest BCUT2D eigenvalue weighted by Crippen LogP contribution is -2.51. The Morgan fingerprint density at radius 2 is 1.97 bits per heavy atom. The van der Waals surface area contributed by atoms with Crippen molar-refractivity contribution in [2.24, 2.45) is 0 Å². The molecule has 3 aliphatic rings. The molecule has 0 bridgehead atoms. The van der Waals surface area contributed by atoms with Gasteiger partial charge in [-0.25, -0.2) is 9.18 Å². The maximum Gasteiger partial charge on any atom is 0.344 e. The number of carbonyl (C=O) groups is 3. The highest BCUT2D eigenvalue weighted by atomic mass is 19.1. The van der Waals surface area contributed by atoms with Crippen molar-refractivity contribution in [3.05, 3.63) is 35.6 Å². The molecule has 162 valence electrons. The monoisotopic (exact) mass is 416 g/mol. The number of halogens is 1. The van der Waals surface area contributed by atoms with Gasteiger partial charge in [-0.2, -0.15) is 5.01 Å². The molecule has 3 fully saturated rings. The Morgan fingerprint density at radius 1 is 1.27 bits per heavy atom. The van der Waals surface area contributed by atoms with Crippen LogP contribution in [0.3, 0.4) is 0 Å². The zero-order chi connectivity index (χ0) is 21.3. The smallest absolute Gasteiger partial charge is 0.322 e. The highest BCUT2D eigenvalue weighted by Gasteiger charge is 2.52. The van der Waals surface area contributed by atoms with Crippen LogP contribution in [-0.4, -0.2) is 45.9 Å². The lowest BCUT2D eigenvalue weighted by atomic mass is 9.82. The number of amides is 4. The molecule has 1 heterocycles. The minimum Gasteiger partial charge on any atom is -0.322 e. The summed E-state index contributed by atoms with van der Waals surface area (Å²) < 4.78 is 14.2. The van der Waals surface area contributed by atoms with E-state index >= 15 is 0 Å². The molecule has 2 N–H and O–H groups in total. The molecular formula is C22H29FN4O3. The van der Waals surface area contributed by atoms with E-state index in [1.165, 1.54) is 6.07 Å². The zero-order valence-corrected chi connectivity index (χ0v) is 17.3. The fraction of sp³-hybridized carbons (Fsp3) is 0.591. The van der Waals surface area contributed by atoms with Crippen molar-refractivity contribution < 1.29 is 18.8 Å². The van der Waals surface area contributed by atoms with E-state index < -0.39 is 17.5 Å². The third-order valence-electron chi connectivity index (χ3n) is 6.57. The average molecular weight is 416 g/mol. The number of hydrazine groups is 1. The standard InChI is InChI=1S/C22H29FN4O3/c1-15(17-7-3-4-8-18(17)23)26(16-9-10-16)14-11-19(28)25-27-20(29)22(24-21(27)30)12-5-2-6-13-22/h3-4,7-8,15-16H,2,5-6,9-14H2,1H3,(H,24,30)(H,25,28). The lowest BCUT2D eigenvalue weighted by Gasteiger charge is -2.30. The lowest BCUT2D eigenvalue weighted by molar-refractivity contribution is -0.140. The maximum absolute atomic E-state index is 14.2. The van der Waals surface area contributed by atoms with Crippen molar-refractivity contribution in [2.45, 2.75) is 75.9 Å². The predicted molar refractivity (Wildman–Crippen MR) is 108 cm³/mol. The van der Waals surface area contributed by atoms with Gasteiger partial charge in [0.05, 0.1) is 0 Å². The topological polar surface area (TPSA) is 81.8 Å². The number of urea groups is 1. The first-order chi connectivity index (χ1) is 14.4. The number of nitrogens with one attached hydrogen (secondary N) is 2. The summed E-state index contributed by atoms with van der Waals surface area (Å²) in [4.78, 5) is 39.8. The first-order valence-electron chi connectivity index (χ1n) is 10.9. The van der Waals surface area contributed by atoms with Crippen molar-refractivity contribution in [1.82, 2.24) is 20.7 Å². The van der Waals surface area contributed by atoms with Crippen molar-refractivity contribution in [3.63, 3.8) is 0 Å². The average Bonchev–Trinajstić information content (AvgIpc) is 3.54. The van der Waals surface area contributed by atoms with Gasteiger partial charge < -0.3 is 5.32 Å². The fourth-order valence-electron chi connectivity index (χ4n) is 4.72. The van der Waals surface area contributed by atoms with Gasteiger partial charge in [0.2, 0.25) is 5.91 Å². The molecule has 30 heavy (non-hydrogen) atoms. The number of imide groups is 1. The quantitative estimate of drug-likeness (QED) is 0.670. The van der Waals surface area contributed by atoms with E-state index in [1.54, 1.807) is 12.1 Å². The van der Waals surface area contributed by atoms with E-state index in [4.69, 9.17) is 0 Å². The second-order valence-electron chi connectivity index (χ2n) is 8.66. The van der Waals surface area contributed by atoms with Gasteiger partial charge in [0.15, 0.2) is 0 Å². The normalized spacial score (nSPS) is 21.8. The molecule has 7 nitrogen and oxygen atoms in total. The predicted octanol–water partition coefficient (Wildman–Crippen LogP) is 3.03. The summed E-state index contributed by atoms with van der Waals surface area (Å²) in [5, 5.41) is 3.63. The van der Waals surface area contributed by atoms with Crippen molar-refractivity contribution >= 4 is 17.8 Å². The Balaban J connectivity index is 1.36. The van der Waals surface area contributed by atoms with Gasteiger partial charge in [0, 0.05) is 30.6 Å². The molecule has 0 aromatic heterocycles. The van der Waals surface area contributed by atoms with Gasteiger partial charge in [-0.3, -0.25) is 19.9 Å². The third-order valence-corrected chi connectivity index (χ3v) is 6.57. The molecule has 1 aromatic carbocycles. The second-order valence-corrected chi connectivity index (χ2v) is 8.66. The Morgan fingerprint density at radius 3 is 2.63 bits per heavy atom. The molecule has 2 aliphatic carbocycles. The van der Waals surface area contributed by atoms with Crippen molar-refractivity contribution in [3.8, 4) is 0 Å². The van der Waals surface area contributed by atoms with Crippen LogP contribution in [0, 0.1) is 5.82 Å². The van der Waals surface area contributed by atoms with E-state index in [1.807, 2.05) is 13.0 Å². The van der Waals surface area contributed by atoms with E-state index in [9.17, 15) is 18.8 Å². The molecular weight excluding hydrogens is 387 g/mol. The van der Waals surface area contributed by atoms with Crippen LogP contribution in [0.1, 0.15) is 69.9 Å². The van der Waals surface area contributed by atoms with E-state index in [0.29, 0.717) is 31.0 Å². The van der Waals surface area contributed by atoms with Crippen LogP contribution in [0.15, 0.2) is 24.3 Å². The maximum atomic E-state index is 14.2. The summed E-state index contributed by atoms with van der Waals surface area (Å²) in [6, 6.07) is 6.30. The van der Waals surface area contributed by atoms with Gasteiger partial charge in [-0.15, -0.1) is 0 Å². The Hall–Kier alpha value is -2.48. The van der Waals surface area contributed by atoms with Gasteiger partial charge in [0.25, 0.3) is 5.91 Å². The fourth-order valence-corrected chi connectivity index (χ4v) is 4.72. The largest absolute Gasteiger partial charge is 0.344 e. The molecule has 1 saturated heterocycles. The summed E-state index contributed by atoms with van der Waals surface area (Å²) in [6.45, 7) is 2.37. The molecule has 1 spiro atoms. The number of hydrogen-bond donors (Lipinski definition) is 2. The Bertz CT molecular complexity index is 835. The molecule has 8 heteroatoms. The van der Waals surface area contributed by atoms with Crippen molar-refractivity contribution in [2.75, 3.05) is 6.54 Å². The first-order valence-corrected chi connectivity index (χ1v) is 10.9. The second kappa shape index (κ2) is 8.34. The summed E-state index contributed by atoms with van der Waals surface area (Å²) >= 11 is 0. The van der Waals surface area contributed by atoms with Crippen LogP contribution in [-0.2, 0) is 9.59 Å². The van der Waals surface area contributed by atoms with Crippen LogP contribution in [0.2, 0.25) is 0 Å². The van der Waals surface area contributed by atoms with Crippen LogP contribution in [0.4, 0.5) is 9.18 Å². The zero-order valence-electron chi connectivity index (χ0n) is 17.3. The van der Waals surface area contributed by atoms with Gasteiger partial charge in [0.1, 0.15) is 11.4 Å². The van der Waals surface area contributed by atoms with Crippen LogP contribution in [0.5, 0.6) is 0 Å². The van der Waals surface area contributed by atoms with E-state index in [-0.39, 0.29) is 24.2 Å². The highest BCUT2D eigenvalue weighted by molar-refractivity contribution is 6.08. The minimum atomic E-state index is -0.859. The van der Waals surface area contributed by atoms with Crippen LogP contribution < -0.4 is 10.7 Å². The Labute approximate surface area is 175 Å². The highest BCUT2D eigenvalue weighted by Crippen LogP contribution is 2.35. The summed E-state index contributed by atoms with van der Waals surface area (Å²) in [7, 11) is 0. The van der Waals surface area contributed by atoms with Crippen LogP contribution >= 0.6 is 0 Å². The van der Waals surface area contributed by atoms with Gasteiger partial charge >= 0.3 is 6.03 Å². The van der Waals surface area contributed by atoms with Crippen molar-refractivity contribution in [1.29, 1.82) is 0 Å². The molecule has 1 unspecified atom stereocenters. The molecule has 2 saturated carbocycles. The Kier molecular flexibility index (Phi) is 5.77. The summed E-state index contributed by atoms with van der Waals surface area (Å²) in [6.07, 6.45) is 6.22. The number of hydrogen-bond acceptors (Lipinski definition) is 4. The summed E-state index contributed by atoms with van der Waals surface area (Å²) in [5.74, 6) is -1.01. The van der Waals surface area contributed by atoms with Crippen LogP contribution in [0.25, 0.3) is 0 Å². The molecule has 1 aliphatic heterocycles. The minimum absolute atomic E-state index is 0.124. The van der Waals surface area contributed by atoms with Gasteiger partial charge in [-0.05, 0) is 38.7 Å². The molecule has 1 atom stereocenters. The molecule has 4 amide bonds. The summed E-state index contributed by atoms with van der Waals surface area (Å²) in [5.41, 5.74) is 2.24. The molecule has 0 radical (unpaired) electrons. The number of benzene rings is 1. The number of rotatable bonds is 7. The molecule has 1 aromatic rings. The third kappa shape index (κ3) is 4.05. The first kappa shape index (κ1) is 20.8. The van der Waals surface area contributed by atoms with Gasteiger partial charge in [-0.1, -0.05) is 37.5 Å².